The number of hydrogen-bond acceptors (Lipinski definition) is 3. The molecule has 1 aromatic rings. The number of ether oxygens (including phenoxy) is 2. The molecule has 0 saturated heterocycles. The first kappa shape index (κ1) is 13.7. The van der Waals surface area contributed by atoms with Gasteiger partial charge in [0.2, 0.25) is 0 Å². The number of rotatable bonds is 2. The first-order valence-corrected chi connectivity index (χ1v) is 7.66. The van der Waals surface area contributed by atoms with Crippen molar-refractivity contribution >= 4 is 17.4 Å². The molecule has 0 amide bonds. The monoisotopic (exact) mass is 294 g/mol. The van der Waals surface area contributed by atoms with E-state index < -0.39 is 0 Å². The summed E-state index contributed by atoms with van der Waals surface area (Å²) in [4.78, 5) is 12.6. The molecule has 0 spiro atoms. The van der Waals surface area contributed by atoms with Gasteiger partial charge >= 0.3 is 0 Å². The minimum atomic E-state index is 0.103. The Labute approximate surface area is 124 Å². The highest BCUT2D eigenvalue weighted by molar-refractivity contribution is 6.34. The predicted octanol–water partition coefficient (Wildman–Crippen LogP) is 4.12. The zero-order chi connectivity index (χ0) is 14.1. The third-order valence-electron chi connectivity index (χ3n) is 4.28. The van der Waals surface area contributed by atoms with Crippen LogP contribution < -0.4 is 9.47 Å². The quantitative estimate of drug-likeness (QED) is 0.770. The fourth-order valence-electron chi connectivity index (χ4n) is 2.99. The molecule has 3 nitrogen and oxygen atoms in total. The van der Waals surface area contributed by atoms with Crippen LogP contribution in [0.1, 0.15) is 43.0 Å². The van der Waals surface area contributed by atoms with E-state index in [9.17, 15) is 4.79 Å². The van der Waals surface area contributed by atoms with Crippen molar-refractivity contribution in [2.24, 2.45) is 11.8 Å². The van der Waals surface area contributed by atoms with Gasteiger partial charge in [0.15, 0.2) is 17.3 Å². The Morgan fingerprint density at radius 3 is 2.35 bits per heavy atom. The highest BCUT2D eigenvalue weighted by Gasteiger charge is 2.28. The van der Waals surface area contributed by atoms with Gasteiger partial charge in [0.05, 0.1) is 5.02 Å². The smallest absolute Gasteiger partial charge is 0.167 e. The molecular weight excluding hydrogens is 276 g/mol. The van der Waals surface area contributed by atoms with Gasteiger partial charge in [0.25, 0.3) is 0 Å². The van der Waals surface area contributed by atoms with Crippen molar-refractivity contribution in [1.82, 2.24) is 0 Å². The molecular formula is C16H19ClO3. The largest absolute Gasteiger partial charge is 0.486 e. The number of fused-ring (bicyclic) bond motifs is 1. The molecule has 0 atom stereocenters. The minimum Gasteiger partial charge on any atom is -0.486 e. The van der Waals surface area contributed by atoms with Gasteiger partial charge in [0.1, 0.15) is 13.2 Å². The van der Waals surface area contributed by atoms with Gasteiger partial charge in [-0.15, -0.1) is 0 Å². The van der Waals surface area contributed by atoms with Gasteiger partial charge < -0.3 is 9.47 Å². The summed E-state index contributed by atoms with van der Waals surface area (Å²) in [6.45, 7) is 3.29. The fourth-order valence-corrected chi connectivity index (χ4v) is 3.24. The van der Waals surface area contributed by atoms with Crippen LogP contribution in [0.25, 0.3) is 0 Å². The van der Waals surface area contributed by atoms with E-state index in [1.54, 1.807) is 12.1 Å². The molecule has 1 aliphatic carbocycles. The van der Waals surface area contributed by atoms with Crippen molar-refractivity contribution in [2.45, 2.75) is 32.6 Å². The van der Waals surface area contributed by atoms with Crippen LogP contribution in [0.4, 0.5) is 0 Å². The van der Waals surface area contributed by atoms with Gasteiger partial charge in [-0.3, -0.25) is 4.79 Å². The minimum absolute atomic E-state index is 0.103. The molecule has 3 rings (SSSR count). The lowest BCUT2D eigenvalue weighted by Gasteiger charge is -2.26. The average molecular weight is 295 g/mol. The second-order valence-corrected chi connectivity index (χ2v) is 6.20. The Kier molecular flexibility index (Phi) is 3.88. The number of carbonyl (C=O) groups is 1. The van der Waals surface area contributed by atoms with E-state index >= 15 is 0 Å². The molecule has 1 fully saturated rings. The Morgan fingerprint density at radius 2 is 1.70 bits per heavy atom. The Balaban J connectivity index is 1.84. The summed E-state index contributed by atoms with van der Waals surface area (Å²) in [5.41, 5.74) is 0.579. The topological polar surface area (TPSA) is 35.5 Å². The van der Waals surface area contributed by atoms with Crippen LogP contribution in [0.2, 0.25) is 5.02 Å². The summed E-state index contributed by atoms with van der Waals surface area (Å²) in [6, 6.07) is 3.45. The van der Waals surface area contributed by atoms with E-state index in [0.29, 0.717) is 35.3 Å². The van der Waals surface area contributed by atoms with Crippen LogP contribution in [-0.2, 0) is 0 Å². The summed E-state index contributed by atoms with van der Waals surface area (Å²) in [6.07, 6.45) is 4.17. The van der Waals surface area contributed by atoms with Crippen molar-refractivity contribution in [1.29, 1.82) is 0 Å². The maximum Gasteiger partial charge on any atom is 0.167 e. The third-order valence-corrected chi connectivity index (χ3v) is 4.60. The van der Waals surface area contributed by atoms with Crippen molar-refractivity contribution in [2.75, 3.05) is 13.2 Å². The van der Waals surface area contributed by atoms with E-state index in [2.05, 4.69) is 6.92 Å². The summed E-state index contributed by atoms with van der Waals surface area (Å²) in [5, 5.41) is 0.470. The van der Waals surface area contributed by atoms with Gasteiger partial charge in [-0.1, -0.05) is 31.4 Å². The highest BCUT2D eigenvalue weighted by Crippen LogP contribution is 2.38. The number of benzene rings is 1. The molecule has 0 N–H and O–H groups in total. The molecule has 1 saturated carbocycles. The maximum atomic E-state index is 12.6. The summed E-state index contributed by atoms with van der Waals surface area (Å²) < 4.78 is 11.0. The Hall–Kier alpha value is -1.22. The van der Waals surface area contributed by atoms with Gasteiger partial charge in [-0.05, 0) is 24.8 Å². The lowest BCUT2D eigenvalue weighted by Crippen LogP contribution is -2.22. The molecule has 0 radical (unpaired) electrons. The number of halogens is 1. The first-order valence-electron chi connectivity index (χ1n) is 7.28. The number of carbonyl (C=O) groups excluding carboxylic acids is 1. The molecule has 20 heavy (non-hydrogen) atoms. The van der Waals surface area contributed by atoms with Crippen molar-refractivity contribution in [3.05, 3.63) is 22.7 Å². The molecule has 0 bridgehead atoms. The summed E-state index contributed by atoms with van der Waals surface area (Å²) >= 11 is 6.25. The second-order valence-electron chi connectivity index (χ2n) is 5.80. The van der Waals surface area contributed by atoms with E-state index in [0.717, 1.165) is 31.6 Å². The molecule has 2 aliphatic rings. The summed E-state index contributed by atoms with van der Waals surface area (Å²) in [5.74, 6) is 2.25. The molecule has 1 aromatic carbocycles. The Morgan fingerprint density at radius 1 is 1.10 bits per heavy atom. The summed E-state index contributed by atoms with van der Waals surface area (Å²) in [7, 11) is 0. The average Bonchev–Trinajstić information content (AvgIpc) is 2.46. The molecule has 4 heteroatoms. The van der Waals surface area contributed by atoms with Crippen LogP contribution in [0.3, 0.4) is 0 Å². The number of Topliss-reactive ketones (excluding diaryl/α,β-unsaturated/α-hetero) is 1. The molecule has 1 heterocycles. The van der Waals surface area contributed by atoms with Gasteiger partial charge in [-0.2, -0.15) is 0 Å². The molecule has 108 valence electrons. The first-order chi connectivity index (χ1) is 9.65. The third kappa shape index (κ3) is 2.64. The second kappa shape index (κ2) is 5.65. The van der Waals surface area contributed by atoms with Crippen LogP contribution in [0, 0.1) is 11.8 Å². The zero-order valence-electron chi connectivity index (χ0n) is 11.7. The molecule has 0 unspecified atom stereocenters. The predicted molar refractivity (Wildman–Crippen MR) is 77.9 cm³/mol. The van der Waals surface area contributed by atoms with Crippen LogP contribution >= 0.6 is 11.6 Å². The molecule has 0 aromatic heterocycles. The zero-order valence-corrected chi connectivity index (χ0v) is 12.4. The van der Waals surface area contributed by atoms with E-state index in [1.807, 2.05) is 0 Å². The normalized spacial score (nSPS) is 25.3. The van der Waals surface area contributed by atoms with Gasteiger partial charge in [-0.25, -0.2) is 0 Å². The fraction of sp³-hybridized carbons (Fsp3) is 0.562. The highest BCUT2D eigenvalue weighted by atomic mass is 35.5. The van der Waals surface area contributed by atoms with E-state index in [4.69, 9.17) is 21.1 Å². The van der Waals surface area contributed by atoms with E-state index in [-0.39, 0.29) is 11.7 Å². The van der Waals surface area contributed by atoms with Crippen molar-refractivity contribution < 1.29 is 14.3 Å². The van der Waals surface area contributed by atoms with E-state index in [1.165, 1.54) is 0 Å². The van der Waals surface area contributed by atoms with Crippen LogP contribution in [-0.4, -0.2) is 19.0 Å². The van der Waals surface area contributed by atoms with Crippen LogP contribution in [0.15, 0.2) is 12.1 Å². The number of hydrogen-bond donors (Lipinski definition) is 0. The lowest BCUT2D eigenvalue weighted by atomic mass is 9.79. The lowest BCUT2D eigenvalue weighted by molar-refractivity contribution is 0.0874. The SMILES string of the molecule is CC1CCC(C(=O)c2cc3c(cc2Cl)OCCO3)CC1. The van der Waals surface area contributed by atoms with Gasteiger partial charge in [0, 0.05) is 17.5 Å². The van der Waals surface area contributed by atoms with Crippen LogP contribution in [0.5, 0.6) is 11.5 Å². The standard InChI is InChI=1S/C16H19ClO3/c1-10-2-4-11(5-3-10)16(18)12-8-14-15(9-13(12)17)20-7-6-19-14/h8-11H,2-7H2,1H3. The maximum absolute atomic E-state index is 12.6. The molecule has 1 aliphatic heterocycles. The van der Waals surface area contributed by atoms with Crippen molar-refractivity contribution in [3.63, 3.8) is 0 Å². The number of ketones is 1. The van der Waals surface area contributed by atoms with Crippen molar-refractivity contribution in [3.8, 4) is 11.5 Å². The Bertz CT molecular complexity index is 519.